The molecule has 7 nitrogen and oxygen atoms in total. The van der Waals surface area contributed by atoms with E-state index in [1.807, 2.05) is 0 Å². The number of carbonyl (C=O) groups is 3. The van der Waals surface area contributed by atoms with Gasteiger partial charge in [0.2, 0.25) is 5.91 Å². The van der Waals surface area contributed by atoms with Crippen LogP contribution >= 0.6 is 11.8 Å². The predicted octanol–water partition coefficient (Wildman–Crippen LogP) is 1.31. The van der Waals surface area contributed by atoms with Gasteiger partial charge in [-0.05, 0) is 12.1 Å². The first-order chi connectivity index (χ1) is 11.5. The molecule has 0 atom stereocenters. The summed E-state index contributed by atoms with van der Waals surface area (Å²) in [4.78, 5) is 50.5. The Kier molecular flexibility index (Phi) is 3.42. The van der Waals surface area contributed by atoms with Crippen molar-refractivity contribution >= 4 is 39.8 Å². The van der Waals surface area contributed by atoms with Gasteiger partial charge in [0.1, 0.15) is 11.1 Å². The first-order valence-electron chi connectivity index (χ1n) is 7.35. The molecule has 24 heavy (non-hydrogen) atoms. The molecule has 0 bridgehead atoms. The minimum atomic E-state index is -0.689. The van der Waals surface area contributed by atoms with E-state index >= 15 is 0 Å². The maximum absolute atomic E-state index is 12.5. The summed E-state index contributed by atoms with van der Waals surface area (Å²) in [6.07, 6.45) is 0. The Hall–Kier alpha value is -2.61. The number of hydrogen-bond donors (Lipinski definition) is 0. The van der Waals surface area contributed by atoms with Crippen LogP contribution in [0.5, 0.6) is 0 Å². The SMILES string of the molecule is O=C(c1cc2ccccc2oc1=O)N1CC(N2C(=O)CSC2=O)C1. The largest absolute Gasteiger partial charge is 0.422 e. The van der Waals surface area contributed by atoms with Crippen LogP contribution in [0.15, 0.2) is 39.5 Å². The van der Waals surface area contributed by atoms with Crippen LogP contribution in [0.25, 0.3) is 11.0 Å². The average Bonchev–Trinajstić information content (AvgIpc) is 2.85. The minimum absolute atomic E-state index is 0.0411. The fourth-order valence-corrected chi connectivity index (χ4v) is 3.66. The number of rotatable bonds is 2. The second-order valence-electron chi connectivity index (χ2n) is 5.67. The Balaban J connectivity index is 1.54. The van der Waals surface area contributed by atoms with Crippen molar-refractivity contribution in [2.24, 2.45) is 0 Å². The zero-order chi connectivity index (χ0) is 16.8. The molecule has 122 valence electrons. The first-order valence-corrected chi connectivity index (χ1v) is 8.34. The van der Waals surface area contributed by atoms with Gasteiger partial charge in [0.05, 0.1) is 11.8 Å². The van der Waals surface area contributed by atoms with Gasteiger partial charge in [0.25, 0.3) is 11.1 Å². The molecule has 0 unspecified atom stereocenters. The highest BCUT2D eigenvalue weighted by Gasteiger charge is 2.43. The van der Waals surface area contributed by atoms with Crippen molar-refractivity contribution in [2.45, 2.75) is 6.04 Å². The molecule has 3 amide bonds. The number of para-hydroxylation sites is 1. The third kappa shape index (κ3) is 2.30. The van der Waals surface area contributed by atoms with Crippen LogP contribution in [-0.2, 0) is 4.79 Å². The Labute approximate surface area is 140 Å². The third-order valence-corrected chi connectivity index (χ3v) is 5.01. The molecule has 8 heteroatoms. The highest BCUT2D eigenvalue weighted by atomic mass is 32.2. The Bertz CT molecular complexity index is 915. The molecule has 0 saturated carbocycles. The summed E-state index contributed by atoms with van der Waals surface area (Å²) in [5.74, 6) is -0.526. The molecular weight excluding hydrogens is 332 g/mol. The number of hydrogen-bond acceptors (Lipinski definition) is 6. The van der Waals surface area contributed by atoms with E-state index in [0.717, 1.165) is 11.8 Å². The number of nitrogens with zero attached hydrogens (tertiary/aromatic N) is 2. The van der Waals surface area contributed by atoms with Crippen molar-refractivity contribution < 1.29 is 18.8 Å². The van der Waals surface area contributed by atoms with Crippen molar-refractivity contribution in [3.05, 3.63) is 46.3 Å². The van der Waals surface area contributed by atoms with E-state index in [2.05, 4.69) is 0 Å². The number of fused-ring (bicyclic) bond motifs is 1. The van der Waals surface area contributed by atoms with Crippen molar-refractivity contribution in [3.8, 4) is 0 Å². The van der Waals surface area contributed by atoms with Gasteiger partial charge in [-0.25, -0.2) is 4.79 Å². The molecule has 1 aromatic heterocycles. The van der Waals surface area contributed by atoms with Crippen LogP contribution in [0.2, 0.25) is 0 Å². The zero-order valence-corrected chi connectivity index (χ0v) is 13.2. The van der Waals surface area contributed by atoms with E-state index in [0.29, 0.717) is 11.0 Å². The van der Waals surface area contributed by atoms with Crippen molar-refractivity contribution in [3.63, 3.8) is 0 Å². The summed E-state index contributed by atoms with van der Waals surface area (Å²) in [6.45, 7) is 0.478. The lowest BCUT2D eigenvalue weighted by Crippen LogP contribution is -2.62. The van der Waals surface area contributed by atoms with Gasteiger partial charge < -0.3 is 9.32 Å². The fourth-order valence-electron chi connectivity index (χ4n) is 2.88. The van der Waals surface area contributed by atoms with E-state index in [4.69, 9.17) is 4.42 Å². The summed E-state index contributed by atoms with van der Waals surface area (Å²) in [5, 5.41) is 0.390. The summed E-state index contributed by atoms with van der Waals surface area (Å²) in [6, 6.07) is 8.16. The zero-order valence-electron chi connectivity index (χ0n) is 12.4. The molecule has 2 aromatic rings. The van der Waals surface area contributed by atoms with Gasteiger partial charge in [-0.2, -0.15) is 0 Å². The van der Waals surface area contributed by atoms with Crippen LogP contribution in [0.1, 0.15) is 10.4 Å². The Morgan fingerprint density at radius 1 is 1.17 bits per heavy atom. The van der Waals surface area contributed by atoms with Crippen molar-refractivity contribution in [2.75, 3.05) is 18.8 Å². The first kappa shape index (κ1) is 14.9. The second kappa shape index (κ2) is 5.48. The van der Waals surface area contributed by atoms with Gasteiger partial charge in [-0.3, -0.25) is 19.3 Å². The van der Waals surface area contributed by atoms with E-state index in [1.165, 1.54) is 15.9 Å². The van der Waals surface area contributed by atoms with Gasteiger partial charge in [-0.1, -0.05) is 30.0 Å². The van der Waals surface area contributed by atoms with Gasteiger partial charge >= 0.3 is 5.63 Å². The van der Waals surface area contributed by atoms with Gasteiger partial charge in [0.15, 0.2) is 0 Å². The molecule has 4 rings (SSSR count). The van der Waals surface area contributed by atoms with Crippen LogP contribution in [0.4, 0.5) is 4.79 Å². The third-order valence-electron chi connectivity index (χ3n) is 4.17. The maximum atomic E-state index is 12.5. The molecule has 2 aliphatic rings. The monoisotopic (exact) mass is 344 g/mol. The summed E-state index contributed by atoms with van der Waals surface area (Å²) >= 11 is 0.970. The quantitative estimate of drug-likeness (QED) is 0.764. The minimum Gasteiger partial charge on any atom is -0.422 e. The number of amides is 3. The molecule has 0 spiro atoms. The van der Waals surface area contributed by atoms with E-state index in [1.54, 1.807) is 24.3 Å². The van der Waals surface area contributed by atoms with Crippen LogP contribution in [0.3, 0.4) is 0 Å². The summed E-state index contributed by atoms with van der Waals surface area (Å²) < 4.78 is 5.17. The molecule has 2 aliphatic heterocycles. The molecule has 0 aliphatic carbocycles. The molecule has 3 heterocycles. The van der Waals surface area contributed by atoms with Gasteiger partial charge in [0, 0.05) is 18.5 Å². The molecule has 1 aromatic carbocycles. The standard InChI is InChI=1S/C16H12N2O5S/c19-13-8-24-16(22)18(13)10-6-17(7-10)14(20)11-5-9-3-1-2-4-12(9)23-15(11)21/h1-5,10H,6-8H2. The van der Waals surface area contributed by atoms with Gasteiger partial charge in [-0.15, -0.1) is 0 Å². The summed E-state index contributed by atoms with van der Waals surface area (Å²) in [7, 11) is 0. The lowest BCUT2D eigenvalue weighted by molar-refractivity contribution is -0.128. The highest BCUT2D eigenvalue weighted by Crippen LogP contribution is 2.27. The molecular formula is C16H12N2O5S. The van der Waals surface area contributed by atoms with Crippen LogP contribution in [0, 0.1) is 0 Å². The molecule has 2 fully saturated rings. The topological polar surface area (TPSA) is 87.9 Å². The van der Waals surface area contributed by atoms with E-state index < -0.39 is 11.5 Å². The Morgan fingerprint density at radius 2 is 1.92 bits per heavy atom. The number of benzene rings is 1. The Morgan fingerprint density at radius 3 is 2.62 bits per heavy atom. The lowest BCUT2D eigenvalue weighted by atomic mass is 10.1. The van der Waals surface area contributed by atoms with E-state index in [9.17, 15) is 19.2 Å². The molecule has 0 N–H and O–H groups in total. The number of imide groups is 1. The van der Waals surface area contributed by atoms with Crippen LogP contribution < -0.4 is 5.63 Å². The second-order valence-corrected chi connectivity index (χ2v) is 6.59. The van der Waals surface area contributed by atoms with E-state index in [-0.39, 0.29) is 41.6 Å². The predicted molar refractivity (Wildman–Crippen MR) is 86.9 cm³/mol. The normalized spacial score (nSPS) is 18.3. The molecule has 2 saturated heterocycles. The lowest BCUT2D eigenvalue weighted by Gasteiger charge is -2.42. The fraction of sp³-hybridized carbons (Fsp3) is 0.250. The highest BCUT2D eigenvalue weighted by molar-refractivity contribution is 8.14. The number of likely N-dealkylation sites (tertiary alicyclic amines) is 1. The number of carbonyl (C=O) groups excluding carboxylic acids is 3. The smallest absolute Gasteiger partial charge is 0.349 e. The van der Waals surface area contributed by atoms with Crippen molar-refractivity contribution in [1.82, 2.24) is 9.80 Å². The van der Waals surface area contributed by atoms with Crippen molar-refractivity contribution in [1.29, 1.82) is 0 Å². The summed E-state index contributed by atoms with van der Waals surface area (Å²) in [5.41, 5.74) is -0.308. The van der Waals surface area contributed by atoms with Crippen LogP contribution in [-0.4, -0.2) is 51.7 Å². The maximum Gasteiger partial charge on any atom is 0.349 e. The number of thioether (sulfide) groups is 1. The molecule has 0 radical (unpaired) electrons. The average molecular weight is 344 g/mol.